The topological polar surface area (TPSA) is 78.4 Å². The van der Waals surface area contributed by atoms with E-state index in [1.165, 1.54) is 12.8 Å². The zero-order valence-electron chi connectivity index (χ0n) is 13.4. The Morgan fingerprint density at radius 3 is 2.54 bits per heavy atom. The van der Waals surface area contributed by atoms with Crippen molar-refractivity contribution in [2.75, 3.05) is 13.2 Å². The summed E-state index contributed by atoms with van der Waals surface area (Å²) < 4.78 is 0. The second kappa shape index (κ2) is 9.25. The molecule has 132 valence electrons. The molecule has 0 heterocycles. The van der Waals surface area contributed by atoms with Crippen molar-refractivity contribution in [3.05, 3.63) is 33.8 Å². The zero-order chi connectivity index (χ0) is 17.5. The lowest BCUT2D eigenvalue weighted by Crippen LogP contribution is -2.43. The highest BCUT2D eigenvalue weighted by molar-refractivity contribution is 6.42. The molecule has 1 aromatic rings. The van der Waals surface area contributed by atoms with Crippen molar-refractivity contribution in [3.8, 4) is 0 Å². The maximum absolute atomic E-state index is 12.6. The van der Waals surface area contributed by atoms with Gasteiger partial charge in [0.1, 0.15) is 0 Å². The van der Waals surface area contributed by atoms with Crippen LogP contribution < -0.4 is 10.6 Å². The molecule has 3 N–H and O–H groups in total. The lowest BCUT2D eigenvalue weighted by Gasteiger charge is -2.20. The zero-order valence-corrected chi connectivity index (χ0v) is 14.9. The van der Waals surface area contributed by atoms with Gasteiger partial charge in [-0.3, -0.25) is 10.1 Å². The lowest BCUT2D eigenvalue weighted by atomic mass is 9.87. The minimum Gasteiger partial charge on any atom is -0.395 e. The number of rotatable bonds is 6. The molecule has 0 saturated heterocycles. The number of hydrogen-bond acceptors (Lipinski definition) is 3. The predicted molar refractivity (Wildman–Crippen MR) is 94.4 cm³/mol. The summed E-state index contributed by atoms with van der Waals surface area (Å²) in [4.78, 5) is 24.3. The third-order valence-corrected chi connectivity index (χ3v) is 5.08. The average molecular weight is 373 g/mol. The summed E-state index contributed by atoms with van der Waals surface area (Å²) in [5.41, 5.74) is 0.753. The third kappa shape index (κ3) is 5.36. The molecule has 5 nitrogen and oxygen atoms in total. The molecule has 7 heteroatoms. The highest BCUT2D eigenvalue weighted by Gasteiger charge is 2.28. The van der Waals surface area contributed by atoms with Gasteiger partial charge in [0, 0.05) is 6.54 Å². The summed E-state index contributed by atoms with van der Waals surface area (Å²) in [6, 6.07) is 4.53. The van der Waals surface area contributed by atoms with E-state index < -0.39 is 11.9 Å². The SMILES string of the molecule is O=C(NCCO)NC(=O)C(CC1CCCC1)c1ccc(Cl)c(Cl)c1. The molecule has 1 aliphatic carbocycles. The van der Waals surface area contributed by atoms with E-state index in [9.17, 15) is 9.59 Å². The molecule has 0 spiro atoms. The van der Waals surface area contributed by atoms with Gasteiger partial charge in [-0.15, -0.1) is 0 Å². The Labute approximate surface area is 151 Å². The van der Waals surface area contributed by atoms with Crippen LogP contribution in [0.4, 0.5) is 4.79 Å². The van der Waals surface area contributed by atoms with Gasteiger partial charge in [-0.25, -0.2) is 4.79 Å². The van der Waals surface area contributed by atoms with Crippen LogP contribution in [0.15, 0.2) is 18.2 Å². The van der Waals surface area contributed by atoms with Gasteiger partial charge in [0.05, 0.1) is 22.6 Å². The molecule has 1 aliphatic rings. The molecule has 1 aromatic carbocycles. The van der Waals surface area contributed by atoms with E-state index in [-0.39, 0.29) is 19.1 Å². The Kier molecular flexibility index (Phi) is 7.34. The van der Waals surface area contributed by atoms with Gasteiger partial charge >= 0.3 is 6.03 Å². The van der Waals surface area contributed by atoms with Crippen molar-refractivity contribution in [2.45, 2.75) is 38.0 Å². The summed E-state index contributed by atoms with van der Waals surface area (Å²) >= 11 is 12.0. The monoisotopic (exact) mass is 372 g/mol. The van der Waals surface area contributed by atoms with Crippen molar-refractivity contribution in [1.29, 1.82) is 0 Å². The van der Waals surface area contributed by atoms with Crippen LogP contribution in [0.1, 0.15) is 43.6 Å². The van der Waals surface area contributed by atoms with Crippen molar-refractivity contribution >= 4 is 35.1 Å². The Hall–Kier alpha value is -1.30. The number of halogens is 2. The van der Waals surface area contributed by atoms with E-state index >= 15 is 0 Å². The number of nitrogens with one attached hydrogen (secondary N) is 2. The third-order valence-electron chi connectivity index (χ3n) is 4.34. The number of carbonyl (C=O) groups is 2. The van der Waals surface area contributed by atoms with E-state index in [4.69, 9.17) is 28.3 Å². The molecular formula is C17H22Cl2N2O3. The Bertz CT molecular complexity index is 589. The molecule has 1 unspecified atom stereocenters. The molecule has 1 saturated carbocycles. The van der Waals surface area contributed by atoms with Gasteiger partial charge in [-0.2, -0.15) is 0 Å². The molecular weight excluding hydrogens is 351 g/mol. The number of imide groups is 1. The number of aliphatic hydroxyl groups excluding tert-OH is 1. The summed E-state index contributed by atoms with van der Waals surface area (Å²) in [6.07, 6.45) is 5.23. The number of benzene rings is 1. The summed E-state index contributed by atoms with van der Waals surface area (Å²) in [6.45, 7) is -0.0842. The second-order valence-corrected chi connectivity index (χ2v) is 6.90. The summed E-state index contributed by atoms with van der Waals surface area (Å²) in [5.74, 6) is -0.353. The smallest absolute Gasteiger partial charge is 0.321 e. The second-order valence-electron chi connectivity index (χ2n) is 6.08. The fourth-order valence-electron chi connectivity index (χ4n) is 3.12. The first-order valence-electron chi connectivity index (χ1n) is 8.15. The van der Waals surface area contributed by atoms with Gasteiger partial charge in [0.15, 0.2) is 0 Å². The molecule has 2 rings (SSSR count). The fourth-order valence-corrected chi connectivity index (χ4v) is 3.42. The molecule has 24 heavy (non-hydrogen) atoms. The van der Waals surface area contributed by atoms with Crippen LogP contribution in [-0.2, 0) is 4.79 Å². The van der Waals surface area contributed by atoms with Gasteiger partial charge in [-0.1, -0.05) is 55.0 Å². The summed E-state index contributed by atoms with van der Waals surface area (Å²) in [7, 11) is 0. The normalized spacial score (nSPS) is 16.0. The molecule has 0 aliphatic heterocycles. The van der Waals surface area contributed by atoms with Crippen LogP contribution in [0, 0.1) is 5.92 Å². The van der Waals surface area contributed by atoms with Crippen LogP contribution in [0.2, 0.25) is 10.0 Å². The van der Waals surface area contributed by atoms with Crippen LogP contribution in [0.5, 0.6) is 0 Å². The number of hydrogen-bond donors (Lipinski definition) is 3. The van der Waals surface area contributed by atoms with E-state index in [1.54, 1.807) is 18.2 Å². The Morgan fingerprint density at radius 2 is 1.92 bits per heavy atom. The Balaban J connectivity index is 2.13. The number of amides is 3. The van der Waals surface area contributed by atoms with Crippen LogP contribution in [-0.4, -0.2) is 30.2 Å². The maximum Gasteiger partial charge on any atom is 0.321 e. The molecule has 0 bridgehead atoms. The van der Waals surface area contributed by atoms with Crippen LogP contribution in [0.3, 0.4) is 0 Å². The van der Waals surface area contributed by atoms with Gasteiger partial charge in [0.25, 0.3) is 0 Å². The predicted octanol–water partition coefficient (Wildman–Crippen LogP) is 3.48. The summed E-state index contributed by atoms with van der Waals surface area (Å²) in [5, 5.41) is 14.3. The van der Waals surface area contributed by atoms with Gasteiger partial charge < -0.3 is 10.4 Å². The number of urea groups is 1. The van der Waals surface area contributed by atoms with Crippen molar-refractivity contribution in [1.82, 2.24) is 10.6 Å². The maximum atomic E-state index is 12.6. The quantitative estimate of drug-likeness (QED) is 0.715. The van der Waals surface area contributed by atoms with E-state index in [1.807, 2.05) is 0 Å². The highest BCUT2D eigenvalue weighted by Crippen LogP contribution is 2.36. The first-order valence-corrected chi connectivity index (χ1v) is 8.91. The molecule has 3 amide bonds. The fraction of sp³-hybridized carbons (Fsp3) is 0.529. The van der Waals surface area contributed by atoms with Gasteiger partial charge in [0.2, 0.25) is 5.91 Å². The van der Waals surface area contributed by atoms with Crippen molar-refractivity contribution in [2.24, 2.45) is 5.92 Å². The molecule has 1 atom stereocenters. The number of aliphatic hydroxyl groups is 1. The van der Waals surface area contributed by atoms with Crippen molar-refractivity contribution in [3.63, 3.8) is 0 Å². The first kappa shape index (κ1) is 19.0. The standard InChI is InChI=1S/C17H22Cl2N2O3/c18-14-6-5-12(10-15(14)19)13(9-11-3-1-2-4-11)16(23)21-17(24)20-7-8-22/h5-6,10-11,13,22H,1-4,7-9H2,(H2,20,21,23,24). The lowest BCUT2D eigenvalue weighted by molar-refractivity contribution is -0.121. The van der Waals surface area contributed by atoms with E-state index in [0.717, 1.165) is 18.4 Å². The molecule has 1 fully saturated rings. The first-order chi connectivity index (χ1) is 11.5. The largest absolute Gasteiger partial charge is 0.395 e. The highest BCUT2D eigenvalue weighted by atomic mass is 35.5. The van der Waals surface area contributed by atoms with Gasteiger partial charge in [-0.05, 0) is 30.0 Å². The minimum atomic E-state index is -0.606. The number of carbonyl (C=O) groups excluding carboxylic acids is 2. The van der Waals surface area contributed by atoms with E-state index in [0.29, 0.717) is 22.4 Å². The molecule has 0 radical (unpaired) electrons. The van der Waals surface area contributed by atoms with E-state index in [2.05, 4.69) is 10.6 Å². The average Bonchev–Trinajstić information content (AvgIpc) is 3.06. The molecule has 0 aromatic heterocycles. The van der Waals surface area contributed by atoms with Crippen molar-refractivity contribution < 1.29 is 14.7 Å². The van der Waals surface area contributed by atoms with Crippen LogP contribution in [0.25, 0.3) is 0 Å². The Morgan fingerprint density at radius 1 is 1.21 bits per heavy atom. The van der Waals surface area contributed by atoms with Crippen LogP contribution >= 0.6 is 23.2 Å². The minimum absolute atomic E-state index is 0.0964.